The molecule has 63 nitrogen and oxygen atoms in total. The number of carbonyl (C=O) groups excluding carboxylic acids is 6. The van der Waals surface area contributed by atoms with Gasteiger partial charge in [0.1, 0.15) is 262 Å². The highest BCUT2D eigenvalue weighted by atomic mass is 16.8. The third-order valence-electron chi connectivity index (χ3n) is 25.9. The van der Waals surface area contributed by atoms with Gasteiger partial charge in [0.2, 0.25) is 35.9 Å². The van der Waals surface area contributed by atoms with Crippen LogP contribution in [-0.4, -0.2) is 607 Å². The fourth-order valence-corrected chi connectivity index (χ4v) is 18.4. The third-order valence-corrected chi connectivity index (χ3v) is 25.9. The number of aliphatic hydroxyl groups is 29. The lowest BCUT2D eigenvalue weighted by molar-refractivity contribution is -0.403. The molecule has 0 bridgehead atoms. The fourth-order valence-electron chi connectivity index (χ4n) is 18.4. The maximum Gasteiger partial charge on any atom is 0.217 e. The van der Waals surface area contributed by atoms with E-state index in [1.165, 1.54) is 6.92 Å². The van der Waals surface area contributed by atoms with Crippen LogP contribution >= 0.6 is 0 Å². The molecule has 143 heavy (non-hydrogen) atoms. The smallest absolute Gasteiger partial charge is 0.217 e. The maximum absolute atomic E-state index is 13.6. The summed E-state index contributed by atoms with van der Waals surface area (Å²) in [7, 11) is 0. The molecule has 0 saturated carbocycles. The van der Waals surface area contributed by atoms with Gasteiger partial charge in [0.15, 0.2) is 69.2 Å². The van der Waals surface area contributed by atoms with E-state index in [1.54, 1.807) is 0 Å². The number of rotatable bonds is 41. The molecular weight excluding hydrogens is 1960 g/mol. The Kier molecular flexibility index (Phi) is 43.5. The molecule has 0 radical (unpaired) electrons. The average molecular weight is 2090 g/mol. The van der Waals surface area contributed by atoms with Gasteiger partial charge >= 0.3 is 0 Å². The van der Waals surface area contributed by atoms with Gasteiger partial charge in [-0.1, -0.05) is 0 Å². The summed E-state index contributed by atoms with van der Waals surface area (Å²) in [6.45, 7) is -6.95. The van der Waals surface area contributed by atoms with Crippen LogP contribution in [-0.2, 0) is 133 Å². The molecule has 6 amide bonds. The first-order valence-corrected chi connectivity index (χ1v) is 45.7. The van der Waals surface area contributed by atoms with E-state index in [0.29, 0.717) is 0 Å². The molecule has 56 atom stereocenters. The van der Waals surface area contributed by atoms with Crippen molar-refractivity contribution in [2.24, 2.45) is 0 Å². The molecule has 0 aromatic heterocycles. The highest BCUT2D eigenvalue weighted by molar-refractivity contribution is 5.75. The summed E-state index contributed by atoms with van der Waals surface area (Å²) in [5, 5.41) is 343. The highest BCUT2D eigenvalue weighted by Crippen LogP contribution is 2.43. The Morgan fingerprint density at radius 3 is 0.860 bits per heavy atom. The predicted octanol–water partition coefficient (Wildman–Crippen LogP) is -24.1. The van der Waals surface area contributed by atoms with Crippen LogP contribution in [0.1, 0.15) is 41.5 Å². The summed E-state index contributed by atoms with van der Waals surface area (Å²) in [6, 6.07) is -10.9. The Morgan fingerprint density at radius 1 is 0.245 bits per heavy atom. The molecule has 11 saturated heterocycles. The van der Waals surface area contributed by atoms with Gasteiger partial charge in [0, 0.05) is 34.6 Å². The Hall–Kier alpha value is -5.22. The van der Waals surface area contributed by atoms with Crippen LogP contribution in [0.4, 0.5) is 0 Å². The second-order valence-corrected chi connectivity index (χ2v) is 36.0. The number of carbonyl (C=O) groups is 6. The van der Waals surface area contributed by atoms with E-state index in [2.05, 4.69) is 31.9 Å². The number of hydrogen-bond donors (Lipinski definition) is 35. The second kappa shape index (κ2) is 52.7. The van der Waals surface area contributed by atoms with Crippen molar-refractivity contribution in [3.8, 4) is 0 Å². The van der Waals surface area contributed by atoms with Crippen LogP contribution in [0.15, 0.2) is 0 Å². The van der Waals surface area contributed by atoms with Gasteiger partial charge in [0.25, 0.3) is 0 Å². The van der Waals surface area contributed by atoms with Crippen molar-refractivity contribution >= 4 is 35.9 Å². The number of hydrogen-bond acceptors (Lipinski definition) is 57. The van der Waals surface area contributed by atoms with Crippen LogP contribution in [0.2, 0.25) is 0 Å². The first kappa shape index (κ1) is 118. The summed E-state index contributed by atoms with van der Waals surface area (Å²) in [5.74, 6) is -4.84. The van der Waals surface area contributed by atoms with E-state index < -0.39 is 452 Å². The molecule has 0 aliphatic carbocycles. The van der Waals surface area contributed by atoms with E-state index in [4.69, 9.17) is 104 Å². The molecule has 35 N–H and O–H groups in total. The van der Waals surface area contributed by atoms with Crippen molar-refractivity contribution in [1.82, 2.24) is 31.9 Å². The van der Waals surface area contributed by atoms with Crippen molar-refractivity contribution in [3.63, 3.8) is 0 Å². The van der Waals surface area contributed by atoms with Gasteiger partial charge < -0.3 is 284 Å². The number of amides is 6. The molecule has 0 unspecified atom stereocenters. The van der Waals surface area contributed by atoms with Crippen LogP contribution < -0.4 is 31.9 Å². The van der Waals surface area contributed by atoms with Crippen molar-refractivity contribution in [1.29, 1.82) is 0 Å². The Balaban J connectivity index is 0.912. The van der Waals surface area contributed by atoms with E-state index in [0.717, 1.165) is 34.6 Å². The lowest BCUT2D eigenvalue weighted by Gasteiger charge is -2.52. The molecule has 0 spiro atoms. The topological polar surface area (TPSA) is 964 Å². The minimum absolute atomic E-state index is 0.230. The Morgan fingerprint density at radius 2 is 0.503 bits per heavy atom. The molecule has 0 aromatic carbocycles. The van der Waals surface area contributed by atoms with Gasteiger partial charge in [-0.15, -0.1) is 0 Å². The van der Waals surface area contributed by atoms with Crippen molar-refractivity contribution in [2.45, 2.75) is 385 Å². The summed E-state index contributed by atoms with van der Waals surface area (Å²) < 4.78 is 132. The average Bonchev–Trinajstić information content (AvgIpc) is 0.766. The molecular formula is C80H134N6O57. The van der Waals surface area contributed by atoms with E-state index >= 15 is 0 Å². The Bertz CT molecular complexity index is 3960. The minimum atomic E-state index is -2.65. The SMILES string of the molecule is CC(=O)N[C@H]1[C@H](OC[C@H]2O[C@@H](O[C@H]3[C@H](O)[C@@H](NC(C)=O)[C@H](O[C@H]4[C@@H](O)[C@@H](CO)O[C@@H](O[C@H]5[C@H](O)[C@@H](O)[C@H](OC[C@@H](CO)NC=O)O[C@@H]5CO)[C@@H]4O)O[C@@H]3CO)[C@H](O)[C@@H](O[C@@H]3O[C@H](CO)[C@@H](O[C@@H]4O[C@H](CO)[C@H](O)[C@H](O[C@H]5O[C@H](CO)[C@H](O)[C@H](O)[C@H]5NC(C)=O)[C@H]4O[C@@H]4O[C@@H](C)[C@@H](O)[C@@H](O)[C@@H]4O)[C@H](O)[C@H]3NC(C)=O)[C@H]2O)O[C@H](CO)[C@@H](O[C@@H]2O[C@H](CO)[C@H](O)[C@H](O[C@H]3O[C@H](CO)[C@H](O)[C@H](O)[C@H]3NC(C)=O)[C@H]2O)[C@@H]1O. The molecule has 11 aliphatic heterocycles. The first-order chi connectivity index (χ1) is 67.8. The Labute approximate surface area is 810 Å². The molecule has 11 rings (SSSR count). The van der Waals surface area contributed by atoms with Gasteiger partial charge in [0.05, 0.1) is 91.4 Å². The van der Waals surface area contributed by atoms with Gasteiger partial charge in [-0.25, -0.2) is 0 Å². The van der Waals surface area contributed by atoms with Crippen molar-refractivity contribution in [3.05, 3.63) is 0 Å². The summed E-state index contributed by atoms with van der Waals surface area (Å²) >= 11 is 0. The monoisotopic (exact) mass is 2090 g/mol. The summed E-state index contributed by atoms with van der Waals surface area (Å²) in [5.41, 5.74) is 0. The first-order valence-electron chi connectivity index (χ1n) is 45.7. The highest BCUT2D eigenvalue weighted by Gasteiger charge is 2.64. The minimum Gasteiger partial charge on any atom is -0.394 e. The number of ether oxygens (including phenoxy) is 22. The molecule has 11 aliphatic rings. The zero-order chi connectivity index (χ0) is 105. The predicted molar refractivity (Wildman–Crippen MR) is 443 cm³/mol. The molecule has 826 valence electrons. The van der Waals surface area contributed by atoms with E-state index in [1.807, 2.05) is 0 Å². The molecule has 63 heteroatoms. The van der Waals surface area contributed by atoms with Gasteiger partial charge in [-0.2, -0.15) is 0 Å². The van der Waals surface area contributed by atoms with Crippen LogP contribution in [0.3, 0.4) is 0 Å². The lowest BCUT2D eigenvalue weighted by atomic mass is 9.93. The van der Waals surface area contributed by atoms with Crippen molar-refractivity contribution in [2.75, 3.05) is 79.3 Å². The lowest BCUT2D eigenvalue weighted by Crippen LogP contribution is -2.71. The molecule has 11 heterocycles. The summed E-state index contributed by atoms with van der Waals surface area (Å²) in [4.78, 5) is 76.4. The quantitative estimate of drug-likeness (QED) is 0.0253. The number of nitrogens with one attached hydrogen (secondary N) is 6. The van der Waals surface area contributed by atoms with Crippen LogP contribution in [0.25, 0.3) is 0 Å². The largest absolute Gasteiger partial charge is 0.394 e. The summed E-state index contributed by atoms with van der Waals surface area (Å²) in [6.07, 6.45) is -106. The van der Waals surface area contributed by atoms with E-state index in [9.17, 15) is 177 Å². The standard InChI is InChI=1S/C80H134N6O57/c1-20-42(103)54(115)56(117)76(124-20)143-69-68(142-72-38(83-22(3)99)50(111)44(105)28(9-89)126-72)47(108)31(12-92)129-80(69)138-63-34(15-95)132-74(41(53(63)114)86-25(6)102)141-67-48(109)36(18-123-70-39(84-23(4)100)51(112)61(32(13-93)130-70)135-77-58(119)65(45(106)29(10-90)127-77)139-71-37(82-21(2)98)49(110)43(104)27(8-88)125-71)134-79(60(67)121)136-62-33(14-94)131-73(40(52(62)113)85-24(5)101)140-66-46(107)30(11-91)128-78(59(66)120)137-64-35(16-96)133-75(57(118)55(64)116)122-17-26(7-87)81-19-97/h19-20,26-80,87-96,103-121H,7-18H2,1-6H3,(H,81,97)(H,82,98)(H,83,99)(H,84,100)(H,85,101)(H,86,102)/t20-,26+,27+,28+,29+,30+,31+,32+,33+,34+,35+,36+,37+,38+,39+,40+,41+,42+,43-,44-,45-,46-,47-,48-,49+,50+,51+,52+,53+,54+,55+,56-,57+,58+,59+,60+,61+,62+,63+,64+,65-,66-,67-,68-,69+,70+,71+,72+,73-,74-,75+,76-,77-,78-,79-,80-/m0/s1. The zero-order valence-electron chi connectivity index (χ0n) is 77.3. The third kappa shape index (κ3) is 26.9. The van der Waals surface area contributed by atoms with Gasteiger partial charge in [-0.3, -0.25) is 28.8 Å². The second-order valence-electron chi connectivity index (χ2n) is 36.0. The number of aliphatic hydroxyl groups excluding tert-OH is 29. The fraction of sp³-hybridized carbons (Fsp3) is 0.925. The molecule has 11 fully saturated rings. The maximum atomic E-state index is 13.6. The van der Waals surface area contributed by atoms with Crippen LogP contribution in [0.5, 0.6) is 0 Å². The normalized spacial score (nSPS) is 47.5. The van der Waals surface area contributed by atoms with Crippen molar-refractivity contribution < 1.29 is 281 Å². The zero-order valence-corrected chi connectivity index (χ0v) is 77.3. The van der Waals surface area contributed by atoms with Crippen LogP contribution in [0, 0.1) is 0 Å². The molecule has 0 aromatic rings. The van der Waals surface area contributed by atoms with Gasteiger partial charge in [-0.05, 0) is 6.92 Å². The van der Waals surface area contributed by atoms with E-state index in [-0.39, 0.29) is 6.41 Å².